The molecule has 0 aliphatic rings. The van der Waals surface area contributed by atoms with Crippen molar-refractivity contribution in [3.8, 4) is 0 Å². The van der Waals surface area contributed by atoms with Crippen LogP contribution in [0.5, 0.6) is 0 Å². The predicted octanol–water partition coefficient (Wildman–Crippen LogP) is 3.05. The average Bonchev–Trinajstić information content (AvgIpc) is 2.50. The van der Waals surface area contributed by atoms with E-state index in [1.165, 1.54) is 6.07 Å². The molecule has 2 rings (SSSR count). The molecule has 4 nitrogen and oxygen atoms in total. The smallest absolute Gasteiger partial charge is 0.240 e. The van der Waals surface area contributed by atoms with Crippen molar-refractivity contribution in [1.82, 2.24) is 4.72 Å². The van der Waals surface area contributed by atoms with Gasteiger partial charge in [0.1, 0.15) is 0 Å². The second kappa shape index (κ2) is 7.24. The fourth-order valence-electron chi connectivity index (χ4n) is 2.13. The molecule has 6 heteroatoms. The lowest BCUT2D eigenvalue weighted by atomic mass is 10.1. The molecule has 0 unspecified atom stereocenters. The van der Waals surface area contributed by atoms with Crippen LogP contribution in [0.15, 0.2) is 53.4 Å². The molecule has 0 bridgehead atoms. The minimum absolute atomic E-state index is 0.143. The highest BCUT2D eigenvalue weighted by Gasteiger charge is 2.18. The molecule has 0 radical (unpaired) electrons. The maximum Gasteiger partial charge on any atom is 0.240 e. The molecule has 0 fully saturated rings. The van der Waals surface area contributed by atoms with Crippen molar-refractivity contribution < 1.29 is 13.5 Å². The van der Waals surface area contributed by atoms with E-state index < -0.39 is 16.1 Å². The van der Waals surface area contributed by atoms with E-state index in [9.17, 15) is 13.5 Å². The Kier molecular flexibility index (Phi) is 5.58. The number of rotatable bonds is 6. The summed E-state index contributed by atoms with van der Waals surface area (Å²) in [5.74, 6) is 0. The van der Waals surface area contributed by atoms with E-state index in [4.69, 9.17) is 11.6 Å². The van der Waals surface area contributed by atoms with Crippen molar-refractivity contribution in [2.75, 3.05) is 6.54 Å². The molecule has 0 aliphatic heterocycles. The topological polar surface area (TPSA) is 66.4 Å². The van der Waals surface area contributed by atoms with E-state index in [1.54, 1.807) is 31.2 Å². The summed E-state index contributed by atoms with van der Waals surface area (Å²) in [6.07, 6.45) is -0.410. The first-order valence-electron chi connectivity index (χ1n) is 6.89. The van der Waals surface area contributed by atoms with Crippen LogP contribution in [0.3, 0.4) is 0 Å². The van der Waals surface area contributed by atoms with Crippen LogP contribution >= 0.6 is 11.6 Å². The number of aliphatic hydroxyl groups excluding tert-OH is 1. The molecule has 2 aromatic rings. The molecular weight excluding hydrogens is 322 g/mol. The molecule has 22 heavy (non-hydrogen) atoms. The van der Waals surface area contributed by atoms with E-state index in [2.05, 4.69) is 4.72 Å². The third-order valence-corrected chi connectivity index (χ3v) is 5.42. The lowest BCUT2D eigenvalue weighted by Gasteiger charge is -2.13. The number of halogens is 1. The fourth-order valence-corrected chi connectivity index (χ4v) is 3.67. The molecule has 1 atom stereocenters. The minimum Gasteiger partial charge on any atom is -0.388 e. The lowest BCUT2D eigenvalue weighted by Crippen LogP contribution is -2.26. The predicted molar refractivity (Wildman–Crippen MR) is 87.4 cm³/mol. The monoisotopic (exact) mass is 339 g/mol. The Labute approximate surface area is 135 Å². The number of aliphatic hydroxyl groups is 1. The fraction of sp³-hybridized carbons (Fsp3) is 0.250. The van der Waals surface area contributed by atoms with E-state index in [-0.39, 0.29) is 11.4 Å². The zero-order chi connectivity index (χ0) is 16.2. The Morgan fingerprint density at radius 3 is 2.50 bits per heavy atom. The molecule has 0 aliphatic carbocycles. The number of hydrogen-bond donors (Lipinski definition) is 2. The van der Waals surface area contributed by atoms with Gasteiger partial charge in [-0.3, -0.25) is 0 Å². The normalized spacial score (nSPS) is 13.0. The summed E-state index contributed by atoms with van der Waals surface area (Å²) in [6, 6.07) is 13.9. The summed E-state index contributed by atoms with van der Waals surface area (Å²) in [7, 11) is -3.64. The Balaban J connectivity index is 2.00. The molecule has 0 saturated heterocycles. The largest absolute Gasteiger partial charge is 0.388 e. The summed E-state index contributed by atoms with van der Waals surface area (Å²) in [5, 5.41) is 10.4. The van der Waals surface area contributed by atoms with Crippen LogP contribution in [0.1, 0.15) is 23.7 Å². The van der Waals surface area contributed by atoms with Crippen LogP contribution in [-0.2, 0) is 10.0 Å². The molecule has 0 spiro atoms. The van der Waals surface area contributed by atoms with Crippen LogP contribution in [0.2, 0.25) is 5.02 Å². The second-order valence-electron chi connectivity index (χ2n) is 4.98. The van der Waals surface area contributed by atoms with E-state index in [1.807, 2.05) is 18.2 Å². The minimum atomic E-state index is -3.64. The van der Waals surface area contributed by atoms with Crippen molar-refractivity contribution in [1.29, 1.82) is 0 Å². The molecule has 0 saturated carbocycles. The summed E-state index contributed by atoms with van der Waals surface area (Å²) < 4.78 is 27.0. The molecule has 0 heterocycles. The van der Waals surface area contributed by atoms with Gasteiger partial charge < -0.3 is 5.11 Å². The van der Waals surface area contributed by atoms with Crippen molar-refractivity contribution in [2.24, 2.45) is 0 Å². The van der Waals surface area contributed by atoms with Crippen LogP contribution in [0.4, 0.5) is 0 Å². The van der Waals surface area contributed by atoms with Gasteiger partial charge in [0, 0.05) is 11.6 Å². The standard InChI is InChI=1S/C16H18ClNO3S/c1-12-14(17)8-5-9-16(12)22(20,21)18-11-10-15(19)13-6-3-2-4-7-13/h2-9,15,18-19H,10-11H2,1H3/t15-/m1/s1. The van der Waals surface area contributed by atoms with Crippen molar-refractivity contribution >= 4 is 21.6 Å². The van der Waals surface area contributed by atoms with Gasteiger partial charge in [0.2, 0.25) is 10.0 Å². The van der Waals surface area contributed by atoms with Crippen LogP contribution in [-0.4, -0.2) is 20.1 Å². The average molecular weight is 340 g/mol. The van der Waals surface area contributed by atoms with Crippen molar-refractivity contribution in [3.05, 3.63) is 64.7 Å². The van der Waals surface area contributed by atoms with Crippen LogP contribution in [0, 0.1) is 6.92 Å². The van der Waals surface area contributed by atoms with Gasteiger partial charge in [-0.1, -0.05) is 48.0 Å². The Morgan fingerprint density at radius 2 is 1.82 bits per heavy atom. The van der Waals surface area contributed by atoms with E-state index in [0.717, 1.165) is 5.56 Å². The SMILES string of the molecule is Cc1c(Cl)cccc1S(=O)(=O)NCC[C@@H](O)c1ccccc1. The Hall–Kier alpha value is -1.40. The maximum atomic E-state index is 12.3. The number of hydrogen-bond acceptors (Lipinski definition) is 3. The van der Waals surface area contributed by atoms with Crippen molar-refractivity contribution in [2.45, 2.75) is 24.3 Å². The summed E-state index contributed by atoms with van der Waals surface area (Å²) >= 11 is 5.95. The first-order chi connectivity index (χ1) is 10.4. The van der Waals surface area contributed by atoms with Gasteiger partial charge in [0.05, 0.1) is 11.0 Å². The number of benzene rings is 2. The third-order valence-electron chi connectivity index (χ3n) is 3.40. The van der Waals surface area contributed by atoms with Crippen LogP contribution < -0.4 is 4.72 Å². The highest BCUT2D eigenvalue weighted by molar-refractivity contribution is 7.89. The number of nitrogens with one attached hydrogen (secondary N) is 1. The molecule has 0 amide bonds. The zero-order valence-corrected chi connectivity index (χ0v) is 13.7. The highest BCUT2D eigenvalue weighted by Crippen LogP contribution is 2.23. The first-order valence-corrected chi connectivity index (χ1v) is 8.76. The molecule has 2 aromatic carbocycles. The molecule has 2 N–H and O–H groups in total. The van der Waals surface area contributed by atoms with E-state index >= 15 is 0 Å². The third kappa shape index (κ3) is 4.08. The Morgan fingerprint density at radius 1 is 1.14 bits per heavy atom. The van der Waals surface area contributed by atoms with Gasteiger partial charge in [0.15, 0.2) is 0 Å². The van der Waals surface area contributed by atoms with Gasteiger partial charge in [0.25, 0.3) is 0 Å². The second-order valence-corrected chi connectivity index (χ2v) is 7.12. The quantitative estimate of drug-likeness (QED) is 0.850. The first kappa shape index (κ1) is 17.0. The van der Waals surface area contributed by atoms with Gasteiger partial charge in [-0.2, -0.15) is 0 Å². The van der Waals surface area contributed by atoms with Gasteiger partial charge >= 0.3 is 0 Å². The maximum absolute atomic E-state index is 12.3. The van der Waals surface area contributed by atoms with Gasteiger partial charge in [-0.05, 0) is 36.6 Å². The molecule has 0 aromatic heterocycles. The summed E-state index contributed by atoms with van der Waals surface area (Å²) in [6.45, 7) is 1.81. The Bertz CT molecular complexity index is 732. The van der Waals surface area contributed by atoms with E-state index in [0.29, 0.717) is 17.0 Å². The zero-order valence-electron chi connectivity index (χ0n) is 12.2. The summed E-state index contributed by atoms with van der Waals surface area (Å²) in [5.41, 5.74) is 1.28. The van der Waals surface area contributed by atoms with Gasteiger partial charge in [-0.25, -0.2) is 13.1 Å². The van der Waals surface area contributed by atoms with Crippen LogP contribution in [0.25, 0.3) is 0 Å². The van der Waals surface area contributed by atoms with Crippen molar-refractivity contribution in [3.63, 3.8) is 0 Å². The van der Waals surface area contributed by atoms with Gasteiger partial charge in [-0.15, -0.1) is 0 Å². The molecule has 118 valence electrons. The molecular formula is C16H18ClNO3S. The number of sulfonamides is 1. The summed E-state index contributed by atoms with van der Waals surface area (Å²) in [4.78, 5) is 0.161. The lowest BCUT2D eigenvalue weighted by molar-refractivity contribution is 0.169. The highest BCUT2D eigenvalue weighted by atomic mass is 35.5.